The van der Waals surface area contributed by atoms with Gasteiger partial charge in [-0.3, -0.25) is 4.79 Å². The van der Waals surface area contributed by atoms with Crippen LogP contribution in [0.3, 0.4) is 0 Å². The molecule has 0 saturated heterocycles. The number of nitrogens with two attached hydrogens (primary N) is 1. The number of aldehydes is 1. The smallest absolute Gasteiger partial charge is 0.267 e. The van der Waals surface area contributed by atoms with Crippen LogP contribution in [0.2, 0.25) is 0 Å². The summed E-state index contributed by atoms with van der Waals surface area (Å²) in [5.74, 6) is -0.330. The molecule has 1 heterocycles. The molecule has 1 aromatic heterocycles. The van der Waals surface area contributed by atoms with Gasteiger partial charge in [0.15, 0.2) is 6.29 Å². The fraction of sp³-hybridized carbons (Fsp3) is 0.250. The molecule has 0 aromatic carbocycles. The van der Waals surface area contributed by atoms with Gasteiger partial charge in [-0.25, -0.2) is 13.8 Å². The van der Waals surface area contributed by atoms with E-state index < -0.39 is 12.0 Å². The second-order valence-corrected chi connectivity index (χ2v) is 2.82. The molecule has 0 amide bonds. The molecule has 0 aliphatic heterocycles. The second kappa shape index (κ2) is 4.32. The third-order valence-corrected chi connectivity index (χ3v) is 1.94. The quantitative estimate of drug-likeness (QED) is 0.627. The molecule has 0 bridgehead atoms. The number of anilines is 1. The van der Waals surface area contributed by atoms with E-state index in [1.807, 2.05) is 0 Å². The maximum atomic E-state index is 12.3. The molecule has 0 fully saturated rings. The van der Waals surface area contributed by atoms with Crippen molar-refractivity contribution in [1.82, 2.24) is 4.98 Å². The zero-order valence-corrected chi connectivity index (χ0v) is 7.76. The van der Waals surface area contributed by atoms with Crippen molar-refractivity contribution < 1.29 is 13.6 Å². The number of rotatable bonds is 3. The van der Waals surface area contributed by atoms with E-state index in [2.05, 4.69) is 4.98 Å². The van der Waals surface area contributed by atoms with Crippen molar-refractivity contribution in [3.05, 3.63) is 22.9 Å². The van der Waals surface area contributed by atoms with Gasteiger partial charge < -0.3 is 5.73 Å². The highest BCUT2D eigenvalue weighted by Gasteiger charge is 2.15. The minimum Gasteiger partial charge on any atom is -0.383 e. The predicted molar refractivity (Wildman–Crippen MR) is 48.6 cm³/mol. The molecule has 3 nitrogen and oxygen atoms in total. The fourth-order valence-corrected chi connectivity index (χ4v) is 1.20. The number of halogens is 3. The highest BCUT2D eigenvalue weighted by atomic mass is 35.5. The molecule has 0 spiro atoms. The average molecular weight is 221 g/mol. The molecule has 1 aromatic rings. The van der Waals surface area contributed by atoms with E-state index in [1.165, 1.54) is 0 Å². The first-order chi connectivity index (χ1) is 6.60. The maximum Gasteiger partial charge on any atom is 0.267 e. The summed E-state index contributed by atoms with van der Waals surface area (Å²) in [5.41, 5.74) is 5.07. The summed E-state index contributed by atoms with van der Waals surface area (Å²) < 4.78 is 24.6. The Morgan fingerprint density at radius 2 is 2.29 bits per heavy atom. The van der Waals surface area contributed by atoms with E-state index in [9.17, 15) is 13.6 Å². The van der Waals surface area contributed by atoms with Gasteiger partial charge in [0.2, 0.25) is 0 Å². The lowest BCUT2D eigenvalue weighted by Gasteiger charge is -2.07. The molecule has 0 saturated carbocycles. The molecule has 0 atom stereocenters. The Balaban J connectivity index is 3.30. The van der Waals surface area contributed by atoms with E-state index in [-0.39, 0.29) is 23.0 Å². The van der Waals surface area contributed by atoms with Crippen LogP contribution in [0.25, 0.3) is 0 Å². The molecule has 6 heteroatoms. The number of carbonyl (C=O) groups excluding carboxylic acids is 1. The monoisotopic (exact) mass is 220 g/mol. The van der Waals surface area contributed by atoms with Crippen LogP contribution in [-0.4, -0.2) is 11.3 Å². The van der Waals surface area contributed by atoms with Crippen molar-refractivity contribution >= 4 is 23.7 Å². The molecule has 1 rings (SSSR count). The van der Waals surface area contributed by atoms with Crippen LogP contribution in [0.4, 0.5) is 14.6 Å². The van der Waals surface area contributed by atoms with Crippen LogP contribution in [0.1, 0.15) is 28.0 Å². The Labute approximate surface area is 83.9 Å². The first-order valence-corrected chi connectivity index (χ1v) is 4.22. The van der Waals surface area contributed by atoms with E-state index in [0.717, 1.165) is 6.07 Å². The van der Waals surface area contributed by atoms with Gasteiger partial charge in [-0.1, -0.05) is 0 Å². The predicted octanol–water partition coefficient (Wildman–Crippen LogP) is 2.15. The van der Waals surface area contributed by atoms with Gasteiger partial charge >= 0.3 is 0 Å². The zero-order valence-electron chi connectivity index (χ0n) is 7.01. The Morgan fingerprint density at radius 1 is 1.64 bits per heavy atom. The summed E-state index contributed by atoms with van der Waals surface area (Å²) in [6.45, 7) is 0. The normalized spacial score (nSPS) is 10.6. The number of hydrogen-bond donors (Lipinski definition) is 1. The number of pyridine rings is 1. The van der Waals surface area contributed by atoms with Crippen LogP contribution in [0.5, 0.6) is 0 Å². The Bertz CT molecular complexity index is 357. The van der Waals surface area contributed by atoms with E-state index in [4.69, 9.17) is 17.3 Å². The van der Waals surface area contributed by atoms with Crippen molar-refractivity contribution in [3.63, 3.8) is 0 Å². The van der Waals surface area contributed by atoms with Crippen molar-refractivity contribution in [2.45, 2.75) is 12.3 Å². The molecule has 0 aliphatic carbocycles. The number of nitrogens with zero attached hydrogens (tertiary/aromatic N) is 1. The molecule has 0 aliphatic rings. The lowest BCUT2D eigenvalue weighted by molar-refractivity contribution is 0.112. The van der Waals surface area contributed by atoms with Crippen molar-refractivity contribution in [2.75, 3.05) is 5.73 Å². The van der Waals surface area contributed by atoms with Crippen LogP contribution in [-0.2, 0) is 5.88 Å². The molecular weight excluding hydrogens is 214 g/mol. The summed E-state index contributed by atoms with van der Waals surface area (Å²) in [5, 5.41) is 0. The van der Waals surface area contributed by atoms with Gasteiger partial charge in [-0.05, 0) is 6.07 Å². The van der Waals surface area contributed by atoms with Crippen molar-refractivity contribution in [2.24, 2.45) is 0 Å². The van der Waals surface area contributed by atoms with Gasteiger partial charge in [-0.2, -0.15) is 0 Å². The highest BCUT2D eigenvalue weighted by molar-refractivity contribution is 6.17. The van der Waals surface area contributed by atoms with Gasteiger partial charge in [0.05, 0.1) is 17.1 Å². The molecule has 76 valence electrons. The third-order valence-electron chi connectivity index (χ3n) is 1.68. The van der Waals surface area contributed by atoms with Crippen LogP contribution >= 0.6 is 11.6 Å². The molecule has 2 N–H and O–H groups in total. The van der Waals surface area contributed by atoms with Crippen molar-refractivity contribution in [3.8, 4) is 0 Å². The molecule has 14 heavy (non-hydrogen) atoms. The lowest BCUT2D eigenvalue weighted by atomic mass is 10.1. The van der Waals surface area contributed by atoms with Crippen LogP contribution < -0.4 is 5.73 Å². The Hall–Kier alpha value is -1.23. The molecular formula is C8H7ClF2N2O. The SMILES string of the molecule is Nc1nc(CCl)c(C=O)cc1C(F)F. The van der Waals surface area contributed by atoms with Gasteiger partial charge in [-0.15, -0.1) is 11.6 Å². The summed E-state index contributed by atoms with van der Waals surface area (Å²) in [6.07, 6.45) is -2.32. The number of hydrogen-bond acceptors (Lipinski definition) is 3. The van der Waals surface area contributed by atoms with Gasteiger partial charge in [0.1, 0.15) is 5.82 Å². The minimum absolute atomic E-state index is 0.0399. The number of carbonyl (C=O) groups is 1. The highest BCUT2D eigenvalue weighted by Crippen LogP contribution is 2.25. The number of nitrogen functional groups attached to an aromatic ring is 1. The fourth-order valence-electron chi connectivity index (χ4n) is 0.983. The second-order valence-electron chi connectivity index (χ2n) is 2.55. The van der Waals surface area contributed by atoms with Crippen LogP contribution in [0, 0.1) is 0 Å². The average Bonchev–Trinajstić information content (AvgIpc) is 2.16. The van der Waals surface area contributed by atoms with Gasteiger partial charge in [0.25, 0.3) is 6.43 Å². The Morgan fingerprint density at radius 3 is 2.71 bits per heavy atom. The molecule has 0 radical (unpaired) electrons. The van der Waals surface area contributed by atoms with Crippen molar-refractivity contribution in [1.29, 1.82) is 0 Å². The van der Waals surface area contributed by atoms with E-state index in [1.54, 1.807) is 0 Å². The minimum atomic E-state index is -2.74. The van der Waals surface area contributed by atoms with E-state index >= 15 is 0 Å². The summed E-state index contributed by atoms with van der Waals surface area (Å²) in [7, 11) is 0. The van der Waals surface area contributed by atoms with Gasteiger partial charge in [0, 0.05) is 5.56 Å². The molecule has 0 unspecified atom stereocenters. The topological polar surface area (TPSA) is 56.0 Å². The summed E-state index contributed by atoms with van der Waals surface area (Å²) in [6, 6.07) is 1.01. The maximum absolute atomic E-state index is 12.3. The first kappa shape index (κ1) is 10.8. The summed E-state index contributed by atoms with van der Waals surface area (Å²) >= 11 is 5.45. The summed E-state index contributed by atoms with van der Waals surface area (Å²) in [4.78, 5) is 14.1. The van der Waals surface area contributed by atoms with E-state index in [0.29, 0.717) is 6.29 Å². The Kier molecular flexibility index (Phi) is 3.35. The number of aromatic nitrogens is 1. The lowest BCUT2D eigenvalue weighted by Crippen LogP contribution is -2.04. The number of alkyl halides is 3. The zero-order chi connectivity index (χ0) is 10.7. The third kappa shape index (κ3) is 1.98. The largest absolute Gasteiger partial charge is 0.383 e. The van der Waals surface area contributed by atoms with Crippen LogP contribution in [0.15, 0.2) is 6.07 Å². The standard InChI is InChI=1S/C8H7ClF2N2O/c9-2-6-4(3-14)1-5(7(10)11)8(12)13-6/h1,3,7H,2H2,(H2,12,13). The first-order valence-electron chi connectivity index (χ1n) is 3.68.